The van der Waals surface area contributed by atoms with Gasteiger partial charge in [-0.3, -0.25) is 4.90 Å². The second-order valence-electron chi connectivity index (χ2n) is 4.60. The van der Waals surface area contributed by atoms with Crippen molar-refractivity contribution in [1.29, 1.82) is 5.26 Å². The minimum atomic E-state index is 0.201. The van der Waals surface area contributed by atoms with E-state index in [-0.39, 0.29) is 5.60 Å². The number of nitrogens with zero attached hydrogens (tertiary/aromatic N) is 2. The summed E-state index contributed by atoms with van der Waals surface area (Å²) >= 11 is 0. The summed E-state index contributed by atoms with van der Waals surface area (Å²) in [5, 5.41) is 8.65. The highest BCUT2D eigenvalue weighted by Gasteiger charge is 2.43. The Hall–Kier alpha value is -0.590. The van der Waals surface area contributed by atoms with Gasteiger partial charge in [0.25, 0.3) is 0 Å². The first-order chi connectivity index (χ1) is 6.76. The molecule has 1 spiro atoms. The Balaban J connectivity index is 1.91. The molecule has 2 aliphatic rings. The fourth-order valence-corrected chi connectivity index (χ4v) is 2.54. The van der Waals surface area contributed by atoms with E-state index in [1.54, 1.807) is 0 Å². The molecule has 14 heavy (non-hydrogen) atoms. The smallest absolute Gasteiger partial charge is 0.0865 e. The van der Waals surface area contributed by atoms with Crippen LogP contribution < -0.4 is 0 Å². The molecular formula is C11H18N2O. The van der Waals surface area contributed by atoms with E-state index in [1.807, 2.05) is 7.05 Å². The second-order valence-corrected chi connectivity index (χ2v) is 4.60. The van der Waals surface area contributed by atoms with Gasteiger partial charge in [-0.25, -0.2) is 0 Å². The van der Waals surface area contributed by atoms with Gasteiger partial charge in [0.2, 0.25) is 0 Å². The SMILES string of the molecule is CN(CC#N)C1CCOC2(CCC2)C1. The lowest BCUT2D eigenvalue weighted by molar-refractivity contribution is -0.145. The van der Waals surface area contributed by atoms with Crippen molar-refractivity contribution in [3.63, 3.8) is 0 Å². The van der Waals surface area contributed by atoms with E-state index in [1.165, 1.54) is 19.3 Å². The zero-order valence-electron chi connectivity index (χ0n) is 8.83. The van der Waals surface area contributed by atoms with Crippen LogP contribution in [0.1, 0.15) is 32.1 Å². The van der Waals surface area contributed by atoms with Gasteiger partial charge in [0, 0.05) is 12.6 Å². The lowest BCUT2D eigenvalue weighted by atomic mass is 9.73. The van der Waals surface area contributed by atoms with Crippen LogP contribution in [0.2, 0.25) is 0 Å². The van der Waals surface area contributed by atoms with Crippen LogP contribution in [-0.2, 0) is 4.74 Å². The average molecular weight is 194 g/mol. The molecule has 3 nitrogen and oxygen atoms in total. The fraction of sp³-hybridized carbons (Fsp3) is 0.909. The molecule has 0 radical (unpaired) electrons. The first-order valence-electron chi connectivity index (χ1n) is 5.47. The van der Waals surface area contributed by atoms with Crippen LogP contribution in [-0.4, -0.2) is 36.7 Å². The Morgan fingerprint density at radius 1 is 1.57 bits per heavy atom. The maximum absolute atomic E-state index is 8.65. The molecule has 1 heterocycles. The van der Waals surface area contributed by atoms with E-state index in [0.29, 0.717) is 12.6 Å². The quantitative estimate of drug-likeness (QED) is 0.626. The maximum atomic E-state index is 8.65. The first-order valence-corrected chi connectivity index (χ1v) is 5.47. The summed E-state index contributed by atoms with van der Waals surface area (Å²) in [6.45, 7) is 1.42. The van der Waals surface area contributed by atoms with Crippen molar-refractivity contribution in [3.05, 3.63) is 0 Å². The maximum Gasteiger partial charge on any atom is 0.0865 e. The molecule has 0 aromatic heterocycles. The van der Waals surface area contributed by atoms with E-state index >= 15 is 0 Å². The standard InChI is InChI=1S/C11H18N2O/c1-13(7-6-12)10-3-8-14-11(9-10)4-2-5-11/h10H,2-5,7-9H2,1H3. The molecule has 78 valence electrons. The highest BCUT2D eigenvalue weighted by atomic mass is 16.5. The van der Waals surface area contributed by atoms with Crippen molar-refractivity contribution in [2.75, 3.05) is 20.2 Å². The van der Waals surface area contributed by atoms with Crippen LogP contribution in [0.5, 0.6) is 0 Å². The number of rotatable bonds is 2. The summed E-state index contributed by atoms with van der Waals surface area (Å²) < 4.78 is 5.85. The largest absolute Gasteiger partial charge is 0.375 e. The number of hydrogen-bond donors (Lipinski definition) is 0. The van der Waals surface area contributed by atoms with Crippen molar-refractivity contribution in [3.8, 4) is 6.07 Å². The zero-order valence-corrected chi connectivity index (χ0v) is 8.83. The van der Waals surface area contributed by atoms with Gasteiger partial charge in [0.05, 0.1) is 18.2 Å². The van der Waals surface area contributed by atoms with Crippen molar-refractivity contribution < 1.29 is 4.74 Å². The van der Waals surface area contributed by atoms with Crippen LogP contribution in [0.3, 0.4) is 0 Å². The Kier molecular flexibility index (Phi) is 2.76. The molecule has 2 fully saturated rings. The topological polar surface area (TPSA) is 36.3 Å². The summed E-state index contributed by atoms with van der Waals surface area (Å²) in [6, 6.07) is 2.77. The molecule has 0 aromatic carbocycles. The van der Waals surface area contributed by atoms with Crippen LogP contribution >= 0.6 is 0 Å². The lowest BCUT2D eigenvalue weighted by Gasteiger charge is -2.48. The molecule has 1 saturated heterocycles. The minimum Gasteiger partial charge on any atom is -0.375 e. The van der Waals surface area contributed by atoms with Gasteiger partial charge in [-0.1, -0.05) is 0 Å². The van der Waals surface area contributed by atoms with Crippen molar-refractivity contribution in [2.45, 2.75) is 43.7 Å². The van der Waals surface area contributed by atoms with E-state index in [9.17, 15) is 0 Å². The molecule has 0 N–H and O–H groups in total. The van der Waals surface area contributed by atoms with Gasteiger partial charge >= 0.3 is 0 Å². The van der Waals surface area contributed by atoms with Gasteiger partial charge in [0.15, 0.2) is 0 Å². The summed E-state index contributed by atoms with van der Waals surface area (Å²) in [6.07, 6.45) is 5.98. The van der Waals surface area contributed by atoms with E-state index in [2.05, 4.69) is 11.0 Å². The zero-order chi connectivity index (χ0) is 10.0. The molecular weight excluding hydrogens is 176 g/mol. The molecule has 0 amide bonds. The van der Waals surface area contributed by atoms with Gasteiger partial charge in [-0.15, -0.1) is 0 Å². The molecule has 1 atom stereocenters. The summed E-state index contributed by atoms with van der Waals surface area (Å²) in [7, 11) is 2.05. The van der Waals surface area contributed by atoms with Crippen molar-refractivity contribution in [1.82, 2.24) is 4.90 Å². The van der Waals surface area contributed by atoms with Crippen LogP contribution in [0, 0.1) is 11.3 Å². The number of nitriles is 1. The molecule has 1 aliphatic carbocycles. The normalized spacial score (nSPS) is 29.9. The van der Waals surface area contributed by atoms with Crippen LogP contribution in [0.15, 0.2) is 0 Å². The minimum absolute atomic E-state index is 0.201. The fourth-order valence-electron chi connectivity index (χ4n) is 2.54. The van der Waals surface area contributed by atoms with Gasteiger partial charge in [-0.05, 0) is 39.2 Å². The molecule has 1 unspecified atom stereocenters. The summed E-state index contributed by atoms with van der Waals surface area (Å²) in [5.74, 6) is 0. The van der Waals surface area contributed by atoms with E-state index < -0.39 is 0 Å². The van der Waals surface area contributed by atoms with Gasteiger partial charge in [-0.2, -0.15) is 5.26 Å². The van der Waals surface area contributed by atoms with Gasteiger partial charge in [0.1, 0.15) is 0 Å². The average Bonchev–Trinajstić information content (AvgIpc) is 2.16. The predicted octanol–water partition coefficient (Wildman–Crippen LogP) is 1.54. The molecule has 2 rings (SSSR count). The predicted molar refractivity (Wildman–Crippen MR) is 53.8 cm³/mol. The van der Waals surface area contributed by atoms with Crippen molar-refractivity contribution in [2.24, 2.45) is 0 Å². The van der Waals surface area contributed by atoms with Crippen LogP contribution in [0.25, 0.3) is 0 Å². The van der Waals surface area contributed by atoms with E-state index in [0.717, 1.165) is 19.4 Å². The third-order valence-electron chi connectivity index (χ3n) is 3.68. The number of hydrogen-bond acceptors (Lipinski definition) is 3. The Labute approximate surface area is 85.6 Å². The lowest BCUT2D eigenvalue weighted by Crippen LogP contribution is -2.51. The molecule has 1 saturated carbocycles. The third kappa shape index (κ3) is 1.77. The van der Waals surface area contributed by atoms with Gasteiger partial charge < -0.3 is 4.74 Å². The Morgan fingerprint density at radius 2 is 2.36 bits per heavy atom. The molecule has 0 aromatic rings. The molecule has 1 aliphatic heterocycles. The first kappa shape index (κ1) is 9.95. The summed E-state index contributed by atoms with van der Waals surface area (Å²) in [4.78, 5) is 2.17. The number of ether oxygens (including phenoxy) is 1. The monoisotopic (exact) mass is 194 g/mol. The molecule has 0 bridgehead atoms. The molecule has 3 heteroatoms. The Bertz CT molecular complexity index is 242. The van der Waals surface area contributed by atoms with Crippen molar-refractivity contribution >= 4 is 0 Å². The highest BCUT2D eigenvalue weighted by molar-refractivity contribution is 4.97. The van der Waals surface area contributed by atoms with Crippen LogP contribution in [0.4, 0.5) is 0 Å². The second kappa shape index (κ2) is 3.88. The summed E-state index contributed by atoms with van der Waals surface area (Å²) in [5.41, 5.74) is 0.201. The third-order valence-corrected chi connectivity index (χ3v) is 3.68. The highest BCUT2D eigenvalue weighted by Crippen LogP contribution is 2.43. The van der Waals surface area contributed by atoms with E-state index in [4.69, 9.17) is 10.00 Å². The Morgan fingerprint density at radius 3 is 2.93 bits per heavy atom.